The van der Waals surface area contributed by atoms with Gasteiger partial charge in [-0.15, -0.1) is 11.3 Å². The molecule has 1 aliphatic rings. The van der Waals surface area contributed by atoms with E-state index in [-0.39, 0.29) is 6.10 Å². The van der Waals surface area contributed by atoms with E-state index in [9.17, 15) is 0 Å². The van der Waals surface area contributed by atoms with Crippen molar-refractivity contribution in [2.75, 3.05) is 0 Å². The number of benzene rings is 1. The first-order valence-corrected chi connectivity index (χ1v) is 6.97. The van der Waals surface area contributed by atoms with Crippen molar-refractivity contribution in [2.45, 2.75) is 12.5 Å². The fourth-order valence-corrected chi connectivity index (χ4v) is 3.20. The molecular weight excluding hydrogens is 298 g/mol. The minimum Gasteiger partial charge on any atom is -0.386 e. The van der Waals surface area contributed by atoms with E-state index in [0.29, 0.717) is 0 Å². The second-order valence-electron chi connectivity index (χ2n) is 3.83. The maximum Gasteiger partial charge on any atom is 0.167 e. The number of halogens is 1. The van der Waals surface area contributed by atoms with Gasteiger partial charge in [-0.05, 0) is 33.6 Å². The number of oxime groups is 1. The molecule has 4 heteroatoms. The van der Waals surface area contributed by atoms with Crippen molar-refractivity contribution in [1.82, 2.24) is 0 Å². The summed E-state index contributed by atoms with van der Waals surface area (Å²) in [6, 6.07) is 14.7. The highest BCUT2D eigenvalue weighted by atomic mass is 79.9. The lowest BCUT2D eigenvalue weighted by atomic mass is 10.2. The van der Waals surface area contributed by atoms with E-state index in [1.807, 2.05) is 6.07 Å². The van der Waals surface area contributed by atoms with Crippen LogP contribution in [0, 0.1) is 0 Å². The molecule has 1 atom stereocenters. The first-order chi connectivity index (χ1) is 8.33. The summed E-state index contributed by atoms with van der Waals surface area (Å²) in [6.45, 7) is 0. The van der Waals surface area contributed by atoms with E-state index in [4.69, 9.17) is 4.84 Å². The molecule has 0 amide bonds. The Hall–Kier alpha value is -1.13. The molecule has 3 rings (SSSR count). The Kier molecular flexibility index (Phi) is 2.99. The first-order valence-electron chi connectivity index (χ1n) is 5.36. The van der Waals surface area contributed by atoms with E-state index < -0.39 is 0 Å². The van der Waals surface area contributed by atoms with Crippen molar-refractivity contribution in [2.24, 2.45) is 5.16 Å². The molecule has 0 saturated carbocycles. The smallest absolute Gasteiger partial charge is 0.167 e. The summed E-state index contributed by atoms with van der Waals surface area (Å²) in [5, 5.41) is 3.92. The molecule has 1 aromatic carbocycles. The Bertz CT molecular complexity index is 550. The normalized spacial score (nSPS) is 18.9. The lowest BCUT2D eigenvalue weighted by Crippen LogP contribution is -1.92. The second kappa shape index (κ2) is 4.63. The van der Waals surface area contributed by atoms with Crippen LogP contribution in [-0.2, 0) is 4.84 Å². The summed E-state index contributed by atoms with van der Waals surface area (Å²) in [6.07, 6.45) is 0.904. The summed E-state index contributed by atoms with van der Waals surface area (Å²) in [5.74, 6) is 0. The van der Waals surface area contributed by atoms with E-state index in [0.717, 1.165) is 11.0 Å². The average Bonchev–Trinajstić information content (AvgIpc) is 2.98. The van der Waals surface area contributed by atoms with E-state index in [1.54, 1.807) is 11.3 Å². The summed E-state index contributed by atoms with van der Waals surface area (Å²) in [4.78, 5) is 7.85. The molecule has 0 aliphatic carbocycles. The van der Waals surface area contributed by atoms with Crippen LogP contribution in [0.2, 0.25) is 0 Å². The molecule has 0 unspecified atom stereocenters. The van der Waals surface area contributed by atoms with Crippen molar-refractivity contribution in [3.63, 3.8) is 0 Å². The summed E-state index contributed by atoms with van der Waals surface area (Å²) >= 11 is 5.12. The third-order valence-corrected chi connectivity index (χ3v) is 4.33. The average molecular weight is 308 g/mol. The van der Waals surface area contributed by atoms with Crippen LogP contribution in [0.15, 0.2) is 47.6 Å². The molecule has 0 saturated heterocycles. The second-order valence-corrected chi connectivity index (χ2v) is 5.86. The third kappa shape index (κ3) is 2.28. The highest BCUT2D eigenvalue weighted by Gasteiger charge is 2.22. The van der Waals surface area contributed by atoms with Gasteiger partial charge in [0.1, 0.15) is 4.62 Å². The van der Waals surface area contributed by atoms with E-state index in [1.165, 1.54) is 15.3 Å². The molecule has 0 fully saturated rings. The minimum absolute atomic E-state index is 0.0758. The zero-order valence-electron chi connectivity index (χ0n) is 8.97. The van der Waals surface area contributed by atoms with Gasteiger partial charge in [-0.2, -0.15) is 0 Å². The fraction of sp³-hybridized carbons (Fsp3) is 0.154. The summed E-state index contributed by atoms with van der Waals surface area (Å²) in [5.41, 5.74) is 1.25. The van der Waals surface area contributed by atoms with E-state index >= 15 is 0 Å². The number of thiophene rings is 1. The number of hydrogen-bond acceptors (Lipinski definition) is 3. The monoisotopic (exact) mass is 307 g/mol. The van der Waals surface area contributed by atoms with Crippen molar-refractivity contribution in [1.29, 1.82) is 0 Å². The molecule has 17 heavy (non-hydrogen) atoms. The van der Waals surface area contributed by atoms with Crippen molar-refractivity contribution in [3.05, 3.63) is 47.3 Å². The maximum absolute atomic E-state index is 5.35. The molecule has 0 spiro atoms. The zero-order valence-corrected chi connectivity index (χ0v) is 11.4. The van der Waals surface area contributed by atoms with Gasteiger partial charge < -0.3 is 4.84 Å². The van der Waals surface area contributed by atoms with E-state index in [2.05, 4.69) is 57.5 Å². The standard InChI is InChI=1S/C13H10BrNOS/c14-13-8-10(16-15-13)12-7-6-11(17-12)9-4-2-1-3-5-9/h1-7,10H,8H2/t10-/m0/s1. The van der Waals surface area contributed by atoms with Gasteiger partial charge in [-0.3, -0.25) is 0 Å². The molecule has 2 nitrogen and oxygen atoms in total. The summed E-state index contributed by atoms with van der Waals surface area (Å²) < 4.78 is 0.886. The zero-order chi connectivity index (χ0) is 11.7. The van der Waals surface area contributed by atoms with Gasteiger partial charge in [0.25, 0.3) is 0 Å². The molecular formula is C13H10BrNOS. The molecule has 2 heterocycles. The van der Waals surface area contributed by atoms with Gasteiger partial charge in [0.05, 0.1) is 0 Å². The van der Waals surface area contributed by atoms with Crippen LogP contribution in [-0.4, -0.2) is 4.62 Å². The van der Waals surface area contributed by atoms with Gasteiger partial charge in [-0.25, -0.2) is 0 Å². The third-order valence-electron chi connectivity index (χ3n) is 2.64. The predicted octanol–water partition coefficient (Wildman–Crippen LogP) is 4.58. The van der Waals surface area contributed by atoms with Gasteiger partial charge >= 0.3 is 0 Å². The van der Waals surface area contributed by atoms with Crippen molar-refractivity contribution >= 4 is 31.9 Å². The number of rotatable bonds is 2. The lowest BCUT2D eigenvalue weighted by Gasteiger charge is -2.03. The molecule has 86 valence electrons. The molecule has 1 aromatic heterocycles. The Labute approximate surface area is 112 Å². The topological polar surface area (TPSA) is 21.6 Å². The SMILES string of the molecule is BrC1=NO[C@H](c2ccc(-c3ccccc3)s2)C1. The highest BCUT2D eigenvalue weighted by molar-refractivity contribution is 9.18. The molecule has 2 aromatic rings. The highest BCUT2D eigenvalue weighted by Crippen LogP contribution is 2.37. The summed E-state index contributed by atoms with van der Waals surface area (Å²) in [7, 11) is 0. The Morgan fingerprint density at radius 2 is 2.00 bits per heavy atom. The fourth-order valence-electron chi connectivity index (χ4n) is 1.78. The van der Waals surface area contributed by atoms with Gasteiger partial charge in [0.2, 0.25) is 0 Å². The van der Waals surface area contributed by atoms with Gasteiger partial charge in [0.15, 0.2) is 6.10 Å². The first kappa shape index (κ1) is 11.0. The molecule has 0 N–H and O–H groups in total. The quantitative estimate of drug-likeness (QED) is 0.795. The predicted molar refractivity (Wildman–Crippen MR) is 74.6 cm³/mol. The number of hydrogen-bond donors (Lipinski definition) is 0. The van der Waals surface area contributed by atoms with Gasteiger partial charge in [0, 0.05) is 16.2 Å². The maximum atomic E-state index is 5.35. The molecule has 1 aliphatic heterocycles. The Morgan fingerprint density at radius 3 is 2.71 bits per heavy atom. The van der Waals surface area contributed by atoms with Crippen molar-refractivity contribution < 1.29 is 4.84 Å². The Balaban J connectivity index is 1.84. The molecule has 0 radical (unpaired) electrons. The minimum atomic E-state index is 0.0758. The van der Waals surface area contributed by atoms with Crippen LogP contribution in [0.1, 0.15) is 17.4 Å². The number of nitrogens with zero attached hydrogens (tertiary/aromatic N) is 1. The van der Waals surface area contributed by atoms with Crippen LogP contribution in [0.25, 0.3) is 10.4 Å². The van der Waals surface area contributed by atoms with Crippen LogP contribution in [0.3, 0.4) is 0 Å². The van der Waals surface area contributed by atoms with Crippen LogP contribution in [0.5, 0.6) is 0 Å². The van der Waals surface area contributed by atoms with Crippen LogP contribution >= 0.6 is 27.3 Å². The molecule has 0 bridgehead atoms. The Morgan fingerprint density at radius 1 is 1.18 bits per heavy atom. The largest absolute Gasteiger partial charge is 0.386 e. The lowest BCUT2D eigenvalue weighted by molar-refractivity contribution is 0.0884. The van der Waals surface area contributed by atoms with Crippen LogP contribution in [0.4, 0.5) is 0 Å². The van der Waals surface area contributed by atoms with Crippen LogP contribution < -0.4 is 0 Å². The van der Waals surface area contributed by atoms with Crippen molar-refractivity contribution in [3.8, 4) is 10.4 Å². The van der Waals surface area contributed by atoms with Gasteiger partial charge in [-0.1, -0.05) is 35.5 Å².